The molecule has 0 heterocycles. The van der Waals surface area contributed by atoms with Gasteiger partial charge in [0, 0.05) is 24.2 Å². The monoisotopic (exact) mass is 295 g/mol. The van der Waals surface area contributed by atoms with Gasteiger partial charge in [0.25, 0.3) is 5.69 Å². The van der Waals surface area contributed by atoms with E-state index in [0.29, 0.717) is 0 Å². The van der Waals surface area contributed by atoms with Crippen LogP contribution >= 0.6 is 0 Å². The molecule has 0 radical (unpaired) electrons. The van der Waals surface area contributed by atoms with Crippen molar-refractivity contribution in [1.29, 1.82) is 0 Å². The Kier molecular flexibility index (Phi) is 5.23. The van der Waals surface area contributed by atoms with Crippen LogP contribution in [-0.4, -0.2) is 34.5 Å². The highest BCUT2D eigenvalue weighted by atomic mass is 16.6. The van der Waals surface area contributed by atoms with Crippen LogP contribution in [-0.2, 0) is 4.79 Å². The number of hydrogen-bond donors (Lipinski definition) is 2. The van der Waals surface area contributed by atoms with Gasteiger partial charge in [0.15, 0.2) is 0 Å². The number of carbonyl (C=O) groups is 2. The number of rotatable bonds is 7. The van der Waals surface area contributed by atoms with Crippen molar-refractivity contribution in [1.82, 2.24) is 0 Å². The molecule has 1 rings (SSSR count). The van der Waals surface area contributed by atoms with E-state index in [1.165, 1.54) is 12.1 Å². The lowest BCUT2D eigenvalue weighted by molar-refractivity contribution is -0.384. The molecule has 0 saturated heterocycles. The van der Waals surface area contributed by atoms with Crippen LogP contribution in [0, 0.1) is 10.1 Å². The molecule has 0 aliphatic carbocycles. The van der Waals surface area contributed by atoms with Gasteiger partial charge < -0.3 is 15.7 Å². The lowest BCUT2D eigenvalue weighted by Gasteiger charge is -2.28. The maximum atomic E-state index is 11.2. The second kappa shape index (κ2) is 6.69. The zero-order valence-corrected chi connectivity index (χ0v) is 11.8. The van der Waals surface area contributed by atoms with E-state index in [1.54, 1.807) is 18.7 Å². The minimum absolute atomic E-state index is 0.0346. The van der Waals surface area contributed by atoms with Crippen LogP contribution in [0.25, 0.3) is 0 Å². The van der Waals surface area contributed by atoms with Gasteiger partial charge in [0.05, 0.1) is 11.3 Å². The predicted molar refractivity (Wildman–Crippen MR) is 76.3 cm³/mol. The van der Waals surface area contributed by atoms with Crippen LogP contribution in [0.5, 0.6) is 0 Å². The molecule has 114 valence electrons. The number of nitrogens with two attached hydrogens (primary N) is 1. The number of nitro groups is 1. The molecule has 0 aliphatic heterocycles. The minimum Gasteiger partial charge on any atom is -0.481 e. The number of carboxylic acids is 1. The number of nitro benzene ring substituents is 1. The molecule has 0 atom stereocenters. The summed E-state index contributed by atoms with van der Waals surface area (Å²) in [7, 11) is 0. The fourth-order valence-corrected chi connectivity index (χ4v) is 1.94. The van der Waals surface area contributed by atoms with Gasteiger partial charge in [-0.2, -0.15) is 0 Å². The quantitative estimate of drug-likeness (QED) is 0.578. The van der Waals surface area contributed by atoms with Crippen LogP contribution in [0.3, 0.4) is 0 Å². The fourth-order valence-electron chi connectivity index (χ4n) is 1.94. The highest BCUT2D eigenvalue weighted by Gasteiger charge is 2.23. The van der Waals surface area contributed by atoms with Crippen LogP contribution in [0.4, 0.5) is 11.4 Å². The average Bonchev–Trinajstić information content (AvgIpc) is 2.37. The van der Waals surface area contributed by atoms with Crippen molar-refractivity contribution in [2.75, 3.05) is 11.4 Å². The van der Waals surface area contributed by atoms with Gasteiger partial charge in [-0.1, -0.05) is 0 Å². The van der Waals surface area contributed by atoms with Crippen LogP contribution in [0.2, 0.25) is 0 Å². The summed E-state index contributed by atoms with van der Waals surface area (Å²) in [6.07, 6.45) is -0.146. The van der Waals surface area contributed by atoms with Gasteiger partial charge in [-0.25, -0.2) is 0 Å². The van der Waals surface area contributed by atoms with E-state index in [-0.39, 0.29) is 35.9 Å². The van der Waals surface area contributed by atoms with Crippen molar-refractivity contribution in [3.63, 3.8) is 0 Å². The summed E-state index contributed by atoms with van der Waals surface area (Å²) in [5, 5.41) is 19.9. The molecule has 0 aromatic heterocycles. The SMILES string of the molecule is CC(C)N(CCC(=O)O)c1ccc(C(N)=O)cc1[N+](=O)[O-]. The van der Waals surface area contributed by atoms with Crippen LogP contribution in [0.1, 0.15) is 30.6 Å². The normalized spacial score (nSPS) is 10.4. The number of nitrogens with zero attached hydrogens (tertiary/aromatic N) is 2. The van der Waals surface area contributed by atoms with Crippen LogP contribution in [0.15, 0.2) is 18.2 Å². The number of carbonyl (C=O) groups excluding carboxylic acids is 1. The molecule has 0 unspecified atom stereocenters. The number of hydrogen-bond acceptors (Lipinski definition) is 5. The van der Waals surface area contributed by atoms with E-state index in [0.717, 1.165) is 6.07 Å². The molecule has 1 aromatic rings. The first-order valence-electron chi connectivity index (χ1n) is 6.30. The number of anilines is 1. The largest absolute Gasteiger partial charge is 0.481 e. The first-order valence-corrected chi connectivity index (χ1v) is 6.30. The number of benzene rings is 1. The standard InChI is InChI=1S/C13H17N3O5/c1-8(2)15(6-5-12(17)18)10-4-3-9(13(14)19)7-11(10)16(20)21/h3-4,7-8H,5-6H2,1-2H3,(H2,14,19)(H,17,18). The number of carboxylic acid groups (broad SMARTS) is 1. The Morgan fingerprint density at radius 1 is 1.43 bits per heavy atom. The van der Waals surface area contributed by atoms with E-state index < -0.39 is 16.8 Å². The second-order valence-corrected chi connectivity index (χ2v) is 4.76. The summed E-state index contributed by atoms with van der Waals surface area (Å²) in [4.78, 5) is 34.0. The summed E-state index contributed by atoms with van der Waals surface area (Å²) in [5.41, 5.74) is 5.14. The van der Waals surface area contributed by atoms with Gasteiger partial charge in [-0.3, -0.25) is 19.7 Å². The molecule has 8 nitrogen and oxygen atoms in total. The molecule has 0 saturated carbocycles. The number of aliphatic carboxylic acids is 1. The first kappa shape index (κ1) is 16.4. The smallest absolute Gasteiger partial charge is 0.305 e. The maximum absolute atomic E-state index is 11.2. The third-order valence-electron chi connectivity index (χ3n) is 2.96. The number of primary amides is 1. The van der Waals surface area contributed by atoms with Gasteiger partial charge in [-0.15, -0.1) is 0 Å². The third-order valence-corrected chi connectivity index (χ3v) is 2.96. The number of amides is 1. The van der Waals surface area contributed by atoms with Crippen molar-refractivity contribution in [3.8, 4) is 0 Å². The lowest BCUT2D eigenvalue weighted by Crippen LogP contribution is -2.33. The summed E-state index contributed by atoms with van der Waals surface area (Å²) in [5.74, 6) is -1.75. The Morgan fingerprint density at radius 2 is 2.05 bits per heavy atom. The minimum atomic E-state index is -0.989. The highest BCUT2D eigenvalue weighted by Crippen LogP contribution is 2.30. The van der Waals surface area contributed by atoms with Gasteiger partial charge in [0.2, 0.25) is 5.91 Å². The Labute approximate surface area is 121 Å². The summed E-state index contributed by atoms with van der Waals surface area (Å²) in [6, 6.07) is 3.77. The molecule has 0 spiro atoms. The van der Waals surface area contributed by atoms with E-state index in [1.807, 2.05) is 0 Å². The topological polar surface area (TPSA) is 127 Å². The first-order chi connectivity index (χ1) is 9.73. The van der Waals surface area contributed by atoms with E-state index in [9.17, 15) is 19.7 Å². The lowest BCUT2D eigenvalue weighted by atomic mass is 10.1. The van der Waals surface area contributed by atoms with Gasteiger partial charge in [-0.05, 0) is 26.0 Å². The third kappa shape index (κ3) is 4.16. The Bertz CT molecular complexity index is 571. The molecule has 21 heavy (non-hydrogen) atoms. The molecule has 0 aliphatic rings. The van der Waals surface area contributed by atoms with E-state index in [4.69, 9.17) is 10.8 Å². The molecule has 1 aromatic carbocycles. The molecular weight excluding hydrogens is 278 g/mol. The van der Waals surface area contributed by atoms with E-state index in [2.05, 4.69) is 0 Å². The summed E-state index contributed by atoms with van der Waals surface area (Å²) >= 11 is 0. The Morgan fingerprint density at radius 3 is 2.48 bits per heavy atom. The van der Waals surface area contributed by atoms with Gasteiger partial charge >= 0.3 is 5.97 Å². The van der Waals surface area contributed by atoms with Crippen LogP contribution < -0.4 is 10.6 Å². The van der Waals surface area contributed by atoms with Crippen molar-refractivity contribution in [2.45, 2.75) is 26.3 Å². The maximum Gasteiger partial charge on any atom is 0.305 e. The van der Waals surface area contributed by atoms with Gasteiger partial charge in [0.1, 0.15) is 5.69 Å². The molecule has 3 N–H and O–H groups in total. The fraction of sp³-hybridized carbons (Fsp3) is 0.385. The van der Waals surface area contributed by atoms with Crippen molar-refractivity contribution < 1.29 is 19.6 Å². The van der Waals surface area contributed by atoms with Crippen molar-refractivity contribution >= 4 is 23.3 Å². The Hall–Kier alpha value is -2.64. The van der Waals surface area contributed by atoms with Crippen molar-refractivity contribution in [2.24, 2.45) is 5.73 Å². The zero-order chi connectivity index (χ0) is 16.2. The zero-order valence-electron chi connectivity index (χ0n) is 11.8. The molecule has 0 bridgehead atoms. The molecule has 0 fully saturated rings. The predicted octanol–water partition coefficient (Wildman–Crippen LogP) is 1.38. The highest BCUT2D eigenvalue weighted by molar-refractivity contribution is 5.94. The van der Waals surface area contributed by atoms with E-state index >= 15 is 0 Å². The summed E-state index contributed by atoms with van der Waals surface area (Å²) < 4.78 is 0. The Balaban J connectivity index is 3.26. The van der Waals surface area contributed by atoms with Crippen molar-refractivity contribution in [3.05, 3.63) is 33.9 Å². The summed E-state index contributed by atoms with van der Waals surface area (Å²) in [6.45, 7) is 3.73. The average molecular weight is 295 g/mol. The second-order valence-electron chi connectivity index (χ2n) is 4.76. The molecule has 1 amide bonds. The molecular formula is C13H17N3O5. The molecule has 8 heteroatoms.